The normalized spacial score (nSPS) is 17.4. The molecule has 0 saturated heterocycles. The van der Waals surface area contributed by atoms with Crippen LogP contribution in [0.5, 0.6) is 0 Å². The molecule has 0 aromatic heterocycles. The van der Waals surface area contributed by atoms with E-state index in [1.807, 2.05) is 4.90 Å². The lowest BCUT2D eigenvalue weighted by Gasteiger charge is -2.27. The van der Waals surface area contributed by atoms with Crippen molar-refractivity contribution in [3.05, 3.63) is 40.4 Å². The van der Waals surface area contributed by atoms with Crippen LogP contribution in [0.2, 0.25) is 5.02 Å². The molecule has 2 rings (SSSR count). The highest BCUT2D eigenvalue weighted by Gasteiger charge is 2.34. The van der Waals surface area contributed by atoms with E-state index in [0.29, 0.717) is 23.8 Å². The van der Waals surface area contributed by atoms with Crippen molar-refractivity contribution in [2.75, 3.05) is 18.8 Å². The number of nitrogens with two attached hydrogens (primary N) is 1. The van der Waals surface area contributed by atoms with E-state index in [-0.39, 0.29) is 13.0 Å². The first-order valence-corrected chi connectivity index (χ1v) is 6.27. The predicted molar refractivity (Wildman–Crippen MR) is 69.9 cm³/mol. The monoisotopic (exact) mass is 290 g/mol. The number of rotatable bonds is 2. The second-order valence-corrected chi connectivity index (χ2v) is 4.93. The number of nitrogen functional groups attached to an aromatic ring is 1. The minimum absolute atomic E-state index is 0.00780. The standard InChI is InChI=1S/C13H14ClF3N2/c14-11-2-1-3-12(18)10(11)8-19-6-4-9(5-7-19)13(15,16)17/h1-4H,5-8,18H2. The smallest absolute Gasteiger partial charge is 0.398 e. The highest BCUT2D eigenvalue weighted by Crippen LogP contribution is 2.31. The topological polar surface area (TPSA) is 29.3 Å². The number of hydrogen-bond donors (Lipinski definition) is 1. The van der Waals surface area contributed by atoms with E-state index in [4.69, 9.17) is 17.3 Å². The summed E-state index contributed by atoms with van der Waals surface area (Å²) in [6.07, 6.45) is -2.97. The van der Waals surface area contributed by atoms with E-state index in [9.17, 15) is 13.2 Å². The number of benzene rings is 1. The fourth-order valence-electron chi connectivity index (χ4n) is 2.08. The van der Waals surface area contributed by atoms with Crippen molar-refractivity contribution in [2.24, 2.45) is 0 Å². The molecule has 0 fully saturated rings. The van der Waals surface area contributed by atoms with Crippen LogP contribution in [0.3, 0.4) is 0 Å². The van der Waals surface area contributed by atoms with Gasteiger partial charge >= 0.3 is 6.18 Å². The van der Waals surface area contributed by atoms with Crippen molar-refractivity contribution >= 4 is 17.3 Å². The van der Waals surface area contributed by atoms with E-state index in [1.54, 1.807) is 18.2 Å². The van der Waals surface area contributed by atoms with Gasteiger partial charge in [0, 0.05) is 41.5 Å². The summed E-state index contributed by atoms with van der Waals surface area (Å²) in [6.45, 7) is 1.09. The lowest BCUT2D eigenvalue weighted by Crippen LogP contribution is -2.31. The van der Waals surface area contributed by atoms with Gasteiger partial charge in [0.1, 0.15) is 0 Å². The Kier molecular flexibility index (Phi) is 4.06. The summed E-state index contributed by atoms with van der Waals surface area (Å²) in [4.78, 5) is 1.90. The molecule has 2 N–H and O–H groups in total. The van der Waals surface area contributed by atoms with Crippen LogP contribution in [0.25, 0.3) is 0 Å². The van der Waals surface area contributed by atoms with Gasteiger partial charge in [-0.2, -0.15) is 13.2 Å². The van der Waals surface area contributed by atoms with Crippen LogP contribution in [-0.2, 0) is 6.54 Å². The molecular formula is C13H14ClF3N2. The third-order valence-corrected chi connectivity index (χ3v) is 3.55. The van der Waals surface area contributed by atoms with Crippen LogP contribution < -0.4 is 5.73 Å². The predicted octanol–water partition coefficient (Wildman–Crippen LogP) is 3.62. The maximum absolute atomic E-state index is 12.5. The lowest BCUT2D eigenvalue weighted by atomic mass is 10.1. The average Bonchev–Trinajstić information content (AvgIpc) is 2.33. The van der Waals surface area contributed by atoms with E-state index >= 15 is 0 Å². The Bertz CT molecular complexity index is 477. The maximum Gasteiger partial charge on any atom is 0.412 e. The van der Waals surface area contributed by atoms with Crippen LogP contribution in [-0.4, -0.2) is 24.2 Å². The van der Waals surface area contributed by atoms with Gasteiger partial charge < -0.3 is 5.73 Å². The van der Waals surface area contributed by atoms with Gasteiger partial charge in [0.2, 0.25) is 0 Å². The number of halogens is 4. The molecule has 19 heavy (non-hydrogen) atoms. The zero-order chi connectivity index (χ0) is 14.0. The van der Waals surface area contributed by atoms with Crippen molar-refractivity contribution in [3.8, 4) is 0 Å². The Balaban J connectivity index is 2.06. The quantitative estimate of drug-likeness (QED) is 0.666. The van der Waals surface area contributed by atoms with Crippen molar-refractivity contribution in [1.29, 1.82) is 0 Å². The maximum atomic E-state index is 12.5. The summed E-state index contributed by atoms with van der Waals surface area (Å²) in [7, 11) is 0. The first-order valence-electron chi connectivity index (χ1n) is 5.89. The first-order chi connectivity index (χ1) is 8.88. The molecule has 0 aliphatic carbocycles. The highest BCUT2D eigenvalue weighted by molar-refractivity contribution is 6.31. The summed E-state index contributed by atoms with van der Waals surface area (Å²) < 4.78 is 37.5. The Morgan fingerprint density at radius 1 is 1.32 bits per heavy atom. The molecule has 104 valence electrons. The zero-order valence-corrected chi connectivity index (χ0v) is 10.9. The molecule has 1 aromatic carbocycles. The minimum Gasteiger partial charge on any atom is -0.398 e. The van der Waals surface area contributed by atoms with Gasteiger partial charge in [0.05, 0.1) is 0 Å². The van der Waals surface area contributed by atoms with Gasteiger partial charge in [-0.3, -0.25) is 4.90 Å². The molecule has 0 saturated carbocycles. The van der Waals surface area contributed by atoms with Crippen molar-refractivity contribution < 1.29 is 13.2 Å². The summed E-state index contributed by atoms with van der Waals surface area (Å²) in [5.74, 6) is 0. The number of hydrogen-bond acceptors (Lipinski definition) is 2. The van der Waals surface area contributed by atoms with Crippen molar-refractivity contribution in [2.45, 2.75) is 19.1 Å². The first kappa shape index (κ1) is 14.2. The Hall–Kier alpha value is -1.20. The molecule has 0 bridgehead atoms. The Morgan fingerprint density at radius 2 is 2.05 bits per heavy atom. The summed E-state index contributed by atoms with van der Waals surface area (Å²) >= 11 is 6.05. The van der Waals surface area contributed by atoms with Crippen LogP contribution in [0.1, 0.15) is 12.0 Å². The molecule has 0 atom stereocenters. The Morgan fingerprint density at radius 3 is 2.58 bits per heavy atom. The molecule has 1 aliphatic heterocycles. The van der Waals surface area contributed by atoms with E-state index in [1.165, 1.54) is 6.08 Å². The van der Waals surface area contributed by atoms with Crippen LogP contribution >= 0.6 is 11.6 Å². The summed E-state index contributed by atoms with van der Waals surface area (Å²) in [6, 6.07) is 5.22. The third kappa shape index (κ3) is 3.42. The van der Waals surface area contributed by atoms with E-state index in [0.717, 1.165) is 5.56 Å². The third-order valence-electron chi connectivity index (χ3n) is 3.19. The molecule has 2 nitrogen and oxygen atoms in total. The van der Waals surface area contributed by atoms with Crippen molar-refractivity contribution in [3.63, 3.8) is 0 Å². The van der Waals surface area contributed by atoms with Gasteiger partial charge in [-0.15, -0.1) is 0 Å². The highest BCUT2D eigenvalue weighted by atomic mass is 35.5. The zero-order valence-electron chi connectivity index (χ0n) is 10.2. The molecule has 1 aromatic rings. The molecule has 6 heteroatoms. The summed E-state index contributed by atoms with van der Waals surface area (Å²) in [5, 5.41) is 0.547. The van der Waals surface area contributed by atoms with Crippen LogP contribution in [0.4, 0.5) is 18.9 Å². The fourth-order valence-corrected chi connectivity index (χ4v) is 2.32. The van der Waals surface area contributed by atoms with E-state index < -0.39 is 11.7 Å². The Labute approximate surface area is 114 Å². The van der Waals surface area contributed by atoms with Gasteiger partial charge in [0.15, 0.2) is 0 Å². The number of anilines is 1. The van der Waals surface area contributed by atoms with Crippen LogP contribution in [0.15, 0.2) is 29.8 Å². The van der Waals surface area contributed by atoms with Crippen LogP contribution in [0, 0.1) is 0 Å². The number of nitrogens with zero attached hydrogens (tertiary/aromatic N) is 1. The summed E-state index contributed by atoms with van der Waals surface area (Å²) in [5.41, 5.74) is 6.72. The fraction of sp³-hybridized carbons (Fsp3) is 0.385. The molecule has 0 unspecified atom stereocenters. The van der Waals surface area contributed by atoms with Gasteiger partial charge in [-0.1, -0.05) is 23.7 Å². The molecule has 0 amide bonds. The second-order valence-electron chi connectivity index (χ2n) is 4.52. The van der Waals surface area contributed by atoms with Gasteiger partial charge in [0.25, 0.3) is 0 Å². The van der Waals surface area contributed by atoms with E-state index in [2.05, 4.69) is 0 Å². The van der Waals surface area contributed by atoms with Crippen molar-refractivity contribution in [1.82, 2.24) is 4.90 Å². The number of alkyl halides is 3. The molecular weight excluding hydrogens is 277 g/mol. The average molecular weight is 291 g/mol. The molecule has 1 heterocycles. The lowest BCUT2D eigenvalue weighted by molar-refractivity contribution is -0.0960. The molecule has 0 radical (unpaired) electrons. The van der Waals surface area contributed by atoms with Gasteiger partial charge in [-0.25, -0.2) is 0 Å². The SMILES string of the molecule is Nc1cccc(Cl)c1CN1CC=C(C(F)(F)F)CC1. The largest absolute Gasteiger partial charge is 0.412 e. The van der Waals surface area contributed by atoms with Gasteiger partial charge in [-0.05, 0) is 18.6 Å². The molecule has 0 spiro atoms. The molecule has 1 aliphatic rings. The second kappa shape index (κ2) is 5.43. The minimum atomic E-state index is -4.21.